The quantitative estimate of drug-likeness (QED) is 0.516. The van der Waals surface area contributed by atoms with Crippen LogP contribution in [0.25, 0.3) is 5.69 Å². The summed E-state index contributed by atoms with van der Waals surface area (Å²) in [6.07, 6.45) is -1.00. The lowest BCUT2D eigenvalue weighted by atomic mass is 10.1. The first kappa shape index (κ1) is 18.4. The molecule has 0 fully saturated rings. The van der Waals surface area contributed by atoms with E-state index in [9.17, 15) is 28.4 Å². The van der Waals surface area contributed by atoms with Gasteiger partial charge in [-0.1, -0.05) is 12.1 Å². The van der Waals surface area contributed by atoms with E-state index in [-0.39, 0.29) is 18.0 Å². The Morgan fingerprint density at radius 1 is 1.26 bits per heavy atom. The first-order chi connectivity index (χ1) is 12.8. The summed E-state index contributed by atoms with van der Waals surface area (Å²) in [6, 6.07) is 7.92. The number of rotatable bonds is 5. The Bertz CT molecular complexity index is 972. The predicted octanol–water partition coefficient (Wildman–Crippen LogP) is 4.04. The summed E-state index contributed by atoms with van der Waals surface area (Å²) < 4.78 is 41.4. The summed E-state index contributed by atoms with van der Waals surface area (Å²) in [7, 11) is 0. The fourth-order valence-corrected chi connectivity index (χ4v) is 2.57. The first-order valence-corrected chi connectivity index (χ1v) is 7.64. The van der Waals surface area contributed by atoms with Crippen molar-refractivity contribution in [1.29, 1.82) is 0 Å². The highest BCUT2D eigenvalue weighted by Crippen LogP contribution is 2.40. The Morgan fingerprint density at radius 3 is 2.63 bits per heavy atom. The number of aromatic nitrogens is 2. The largest absolute Gasteiger partial charge is 0.418 e. The molecule has 140 valence electrons. The van der Waals surface area contributed by atoms with Crippen LogP contribution >= 0.6 is 0 Å². The Morgan fingerprint density at radius 2 is 2.04 bits per heavy atom. The Hall–Kier alpha value is -3.40. The van der Waals surface area contributed by atoms with Crippen LogP contribution in [0.3, 0.4) is 0 Å². The van der Waals surface area contributed by atoms with Crippen LogP contribution in [-0.2, 0) is 12.8 Å². The van der Waals surface area contributed by atoms with Crippen LogP contribution in [-0.4, -0.2) is 19.6 Å². The Balaban J connectivity index is 2.17. The van der Waals surface area contributed by atoms with Gasteiger partial charge in [-0.05, 0) is 23.8 Å². The highest BCUT2D eigenvalue weighted by Gasteiger charge is 2.37. The molecule has 1 heterocycles. The molecule has 0 bridgehead atoms. The molecule has 27 heavy (non-hydrogen) atoms. The molecule has 1 aromatic heterocycles. The molecule has 0 spiro atoms. The summed E-state index contributed by atoms with van der Waals surface area (Å²) >= 11 is 0. The van der Waals surface area contributed by atoms with Gasteiger partial charge in [0.25, 0.3) is 5.69 Å². The number of halogens is 3. The molecule has 0 amide bonds. The molecule has 0 aliphatic carbocycles. The molecule has 0 radical (unpaired) electrons. The van der Waals surface area contributed by atoms with E-state index in [0.29, 0.717) is 17.3 Å². The molecule has 7 nitrogen and oxygen atoms in total. The first-order valence-electron chi connectivity index (χ1n) is 7.64. The van der Waals surface area contributed by atoms with Gasteiger partial charge < -0.3 is 15.0 Å². The lowest BCUT2D eigenvalue weighted by Crippen LogP contribution is -2.12. The molecule has 2 N–H and O–H groups in total. The van der Waals surface area contributed by atoms with Gasteiger partial charge in [0.15, 0.2) is 0 Å². The van der Waals surface area contributed by atoms with E-state index in [1.807, 2.05) is 0 Å². The van der Waals surface area contributed by atoms with Gasteiger partial charge in [-0.3, -0.25) is 10.1 Å². The second kappa shape index (κ2) is 7.08. The zero-order chi connectivity index (χ0) is 19.6. The van der Waals surface area contributed by atoms with Gasteiger partial charge in [0.05, 0.1) is 29.1 Å². The van der Waals surface area contributed by atoms with Crippen molar-refractivity contribution in [3.63, 3.8) is 0 Å². The Labute approximate surface area is 150 Å². The maximum Gasteiger partial charge on any atom is 0.418 e. The van der Waals surface area contributed by atoms with E-state index in [4.69, 9.17) is 0 Å². The number of aliphatic hydroxyl groups is 1. The van der Waals surface area contributed by atoms with E-state index >= 15 is 0 Å². The molecule has 0 atom stereocenters. The number of imidazole rings is 1. The van der Waals surface area contributed by atoms with Crippen LogP contribution in [0.1, 0.15) is 11.1 Å². The van der Waals surface area contributed by atoms with Crippen molar-refractivity contribution in [3.05, 3.63) is 76.4 Å². The average molecular weight is 378 g/mol. The lowest BCUT2D eigenvalue weighted by molar-refractivity contribution is -0.384. The molecular formula is C17H13F3N4O3. The second-order valence-electron chi connectivity index (χ2n) is 5.59. The monoisotopic (exact) mass is 378 g/mol. The molecule has 0 unspecified atom stereocenters. The smallest absolute Gasteiger partial charge is 0.392 e. The lowest BCUT2D eigenvalue weighted by Gasteiger charge is -2.16. The van der Waals surface area contributed by atoms with Crippen molar-refractivity contribution < 1.29 is 23.2 Å². The number of benzene rings is 2. The molecule has 0 saturated heterocycles. The number of nitro benzene ring substituents is 1. The van der Waals surface area contributed by atoms with Crippen molar-refractivity contribution >= 4 is 17.1 Å². The van der Waals surface area contributed by atoms with E-state index in [1.165, 1.54) is 24.8 Å². The van der Waals surface area contributed by atoms with Gasteiger partial charge >= 0.3 is 6.18 Å². The van der Waals surface area contributed by atoms with E-state index < -0.39 is 22.4 Å². The van der Waals surface area contributed by atoms with Crippen molar-refractivity contribution in [2.24, 2.45) is 0 Å². The minimum atomic E-state index is -4.79. The highest BCUT2D eigenvalue weighted by molar-refractivity contribution is 5.74. The van der Waals surface area contributed by atoms with Gasteiger partial charge in [0, 0.05) is 24.1 Å². The fourth-order valence-electron chi connectivity index (χ4n) is 2.57. The number of hydrogen-bond acceptors (Lipinski definition) is 5. The van der Waals surface area contributed by atoms with Gasteiger partial charge in [-0.25, -0.2) is 4.98 Å². The van der Waals surface area contributed by atoms with Crippen LogP contribution in [0.2, 0.25) is 0 Å². The van der Waals surface area contributed by atoms with Crippen LogP contribution < -0.4 is 5.32 Å². The average Bonchev–Trinajstić information content (AvgIpc) is 3.15. The SMILES string of the molecule is O=[N+]([O-])c1cc(C(F)(F)F)c(-n2ccnc2)cc1Nc1cccc(CO)c1. The third-order valence-corrected chi connectivity index (χ3v) is 3.79. The summed E-state index contributed by atoms with van der Waals surface area (Å²) in [5.41, 5.74) is -1.36. The summed E-state index contributed by atoms with van der Waals surface area (Å²) in [4.78, 5) is 14.2. The summed E-state index contributed by atoms with van der Waals surface area (Å²) in [6.45, 7) is -0.245. The van der Waals surface area contributed by atoms with Crippen molar-refractivity contribution in [3.8, 4) is 5.69 Å². The minimum absolute atomic E-state index is 0.119. The van der Waals surface area contributed by atoms with Crippen LogP contribution in [0, 0.1) is 10.1 Å². The molecule has 0 saturated carbocycles. The molecule has 0 aliphatic heterocycles. The van der Waals surface area contributed by atoms with Gasteiger partial charge in [-0.15, -0.1) is 0 Å². The number of hydrogen-bond donors (Lipinski definition) is 2. The number of nitrogens with one attached hydrogen (secondary N) is 1. The number of nitro groups is 1. The van der Waals surface area contributed by atoms with Crippen molar-refractivity contribution in [1.82, 2.24) is 9.55 Å². The predicted molar refractivity (Wildman–Crippen MR) is 90.9 cm³/mol. The highest BCUT2D eigenvalue weighted by atomic mass is 19.4. The van der Waals surface area contributed by atoms with E-state index in [2.05, 4.69) is 10.3 Å². The molecular weight excluding hydrogens is 365 g/mol. The van der Waals surface area contributed by atoms with Crippen LogP contribution in [0.4, 0.5) is 30.2 Å². The number of alkyl halides is 3. The van der Waals surface area contributed by atoms with Crippen LogP contribution in [0.15, 0.2) is 55.1 Å². The number of nitrogens with zero attached hydrogens (tertiary/aromatic N) is 3. The molecule has 10 heteroatoms. The van der Waals surface area contributed by atoms with Gasteiger partial charge in [-0.2, -0.15) is 13.2 Å². The zero-order valence-corrected chi connectivity index (χ0v) is 13.6. The standard InChI is InChI=1S/C17H13F3N4O3/c18-17(19,20)13-7-16(24(26)27)14(8-15(13)23-5-4-21-10-23)22-12-3-1-2-11(6-12)9-25/h1-8,10,22,25H,9H2. The zero-order valence-electron chi connectivity index (χ0n) is 13.6. The molecule has 3 rings (SSSR count). The maximum atomic E-state index is 13.4. The van der Waals surface area contributed by atoms with E-state index in [1.54, 1.807) is 18.2 Å². The van der Waals surface area contributed by atoms with Crippen molar-refractivity contribution in [2.75, 3.05) is 5.32 Å². The maximum absolute atomic E-state index is 13.4. The topological polar surface area (TPSA) is 93.2 Å². The van der Waals surface area contributed by atoms with E-state index in [0.717, 1.165) is 10.6 Å². The fraction of sp³-hybridized carbons (Fsp3) is 0.118. The minimum Gasteiger partial charge on any atom is -0.392 e. The third kappa shape index (κ3) is 3.90. The number of aliphatic hydroxyl groups excluding tert-OH is 1. The van der Waals surface area contributed by atoms with Gasteiger partial charge in [0.2, 0.25) is 0 Å². The Kier molecular flexibility index (Phi) is 4.82. The van der Waals surface area contributed by atoms with Crippen molar-refractivity contribution in [2.45, 2.75) is 12.8 Å². The summed E-state index contributed by atoms with van der Waals surface area (Å²) in [5, 5.41) is 23.3. The molecule has 2 aromatic carbocycles. The van der Waals surface area contributed by atoms with Gasteiger partial charge in [0.1, 0.15) is 5.69 Å². The summed E-state index contributed by atoms with van der Waals surface area (Å²) in [5.74, 6) is 0. The number of anilines is 2. The molecule has 0 aliphatic rings. The normalized spacial score (nSPS) is 11.4. The molecule has 3 aromatic rings. The third-order valence-electron chi connectivity index (χ3n) is 3.79. The van der Waals surface area contributed by atoms with Crippen LogP contribution in [0.5, 0.6) is 0 Å². The second-order valence-corrected chi connectivity index (χ2v) is 5.59.